The lowest BCUT2D eigenvalue weighted by molar-refractivity contribution is -0.266. The van der Waals surface area contributed by atoms with E-state index in [1.54, 1.807) is 0 Å². The van der Waals surface area contributed by atoms with Gasteiger partial charge in [-0.3, -0.25) is 0 Å². The monoisotopic (exact) mass is 336 g/mol. The van der Waals surface area contributed by atoms with Gasteiger partial charge in [0.2, 0.25) is 0 Å². The van der Waals surface area contributed by atoms with Gasteiger partial charge in [-0.25, -0.2) is 0 Å². The fourth-order valence-corrected chi connectivity index (χ4v) is 3.18. The van der Waals surface area contributed by atoms with Crippen molar-refractivity contribution in [2.24, 2.45) is 0 Å². The van der Waals surface area contributed by atoms with Crippen molar-refractivity contribution in [1.29, 1.82) is 0 Å². The third-order valence-corrected chi connectivity index (χ3v) is 4.76. The SMILES string of the molecule is CCCCOC1COC(C)[C@](O)(c2ccccc2)C1OCCCC. The van der Waals surface area contributed by atoms with Gasteiger partial charge in [-0.2, -0.15) is 0 Å². The van der Waals surface area contributed by atoms with E-state index < -0.39 is 11.7 Å². The molecular weight excluding hydrogens is 304 g/mol. The van der Waals surface area contributed by atoms with E-state index in [9.17, 15) is 5.11 Å². The van der Waals surface area contributed by atoms with Crippen LogP contribution in [0.3, 0.4) is 0 Å². The second-order valence-corrected chi connectivity index (χ2v) is 6.57. The van der Waals surface area contributed by atoms with Crippen molar-refractivity contribution in [3.05, 3.63) is 35.9 Å². The first-order valence-electron chi connectivity index (χ1n) is 9.27. The van der Waals surface area contributed by atoms with E-state index in [0.717, 1.165) is 31.2 Å². The summed E-state index contributed by atoms with van der Waals surface area (Å²) in [7, 11) is 0. The van der Waals surface area contributed by atoms with Crippen LogP contribution < -0.4 is 0 Å². The number of ether oxygens (including phenoxy) is 3. The first kappa shape index (κ1) is 19.4. The molecule has 136 valence electrons. The molecule has 1 fully saturated rings. The summed E-state index contributed by atoms with van der Waals surface area (Å²) in [4.78, 5) is 0. The molecule has 0 aliphatic carbocycles. The van der Waals surface area contributed by atoms with Crippen LogP contribution in [-0.2, 0) is 19.8 Å². The van der Waals surface area contributed by atoms with Gasteiger partial charge >= 0.3 is 0 Å². The van der Waals surface area contributed by atoms with E-state index in [0.29, 0.717) is 19.8 Å². The first-order chi connectivity index (χ1) is 11.6. The minimum absolute atomic E-state index is 0.255. The molecule has 0 spiro atoms. The van der Waals surface area contributed by atoms with Gasteiger partial charge in [0.1, 0.15) is 17.8 Å². The Hall–Kier alpha value is -0.940. The highest BCUT2D eigenvalue weighted by molar-refractivity contribution is 5.27. The zero-order valence-corrected chi connectivity index (χ0v) is 15.2. The maximum atomic E-state index is 11.6. The molecule has 3 unspecified atom stereocenters. The zero-order valence-electron chi connectivity index (χ0n) is 15.2. The molecule has 1 aromatic carbocycles. The van der Waals surface area contributed by atoms with E-state index in [2.05, 4.69) is 13.8 Å². The summed E-state index contributed by atoms with van der Waals surface area (Å²) >= 11 is 0. The first-order valence-corrected chi connectivity index (χ1v) is 9.27. The van der Waals surface area contributed by atoms with Crippen LogP contribution in [0.5, 0.6) is 0 Å². The number of hydrogen-bond acceptors (Lipinski definition) is 4. The van der Waals surface area contributed by atoms with Crippen LogP contribution in [-0.4, -0.2) is 43.2 Å². The Bertz CT molecular complexity index is 464. The fraction of sp³-hybridized carbons (Fsp3) is 0.700. The molecule has 1 heterocycles. The number of rotatable bonds is 9. The summed E-state index contributed by atoms with van der Waals surface area (Å²) in [6.45, 7) is 7.92. The minimum Gasteiger partial charge on any atom is -0.380 e. The molecule has 1 N–H and O–H groups in total. The Labute approximate surface area is 146 Å². The third-order valence-electron chi connectivity index (χ3n) is 4.76. The van der Waals surface area contributed by atoms with Gasteiger partial charge in [-0.05, 0) is 25.3 Å². The molecular formula is C20H32O4. The molecule has 4 atom stereocenters. The molecule has 1 aliphatic rings. The van der Waals surface area contributed by atoms with E-state index >= 15 is 0 Å². The molecule has 0 amide bonds. The zero-order chi connectivity index (χ0) is 17.4. The Kier molecular flexibility index (Phi) is 7.69. The van der Waals surface area contributed by atoms with Gasteiger partial charge in [0.25, 0.3) is 0 Å². The van der Waals surface area contributed by atoms with Gasteiger partial charge in [0.05, 0.1) is 12.7 Å². The molecule has 1 saturated heterocycles. The molecule has 0 saturated carbocycles. The lowest BCUT2D eigenvalue weighted by atomic mass is 9.79. The Morgan fingerprint density at radius 2 is 1.71 bits per heavy atom. The highest BCUT2D eigenvalue weighted by Gasteiger charge is 2.52. The molecule has 1 aliphatic heterocycles. The van der Waals surface area contributed by atoms with E-state index in [1.165, 1.54) is 0 Å². The quantitative estimate of drug-likeness (QED) is 0.699. The van der Waals surface area contributed by atoms with E-state index in [4.69, 9.17) is 14.2 Å². The van der Waals surface area contributed by atoms with Crippen LogP contribution >= 0.6 is 0 Å². The largest absolute Gasteiger partial charge is 0.380 e. The van der Waals surface area contributed by atoms with Crippen molar-refractivity contribution < 1.29 is 19.3 Å². The van der Waals surface area contributed by atoms with Crippen molar-refractivity contribution in [1.82, 2.24) is 0 Å². The lowest BCUT2D eigenvalue weighted by Gasteiger charge is -2.47. The second kappa shape index (κ2) is 9.52. The molecule has 2 rings (SSSR count). The Morgan fingerprint density at radius 3 is 2.33 bits per heavy atom. The van der Waals surface area contributed by atoms with Gasteiger partial charge in [-0.1, -0.05) is 57.0 Å². The molecule has 4 heteroatoms. The van der Waals surface area contributed by atoms with Crippen LogP contribution in [0.1, 0.15) is 52.0 Å². The van der Waals surface area contributed by atoms with Crippen LogP contribution in [0.15, 0.2) is 30.3 Å². The summed E-state index contributed by atoms with van der Waals surface area (Å²) in [5.41, 5.74) is -0.382. The number of aliphatic hydroxyl groups is 1. The van der Waals surface area contributed by atoms with E-state index in [-0.39, 0.29) is 12.2 Å². The van der Waals surface area contributed by atoms with Gasteiger partial charge in [0.15, 0.2) is 0 Å². The maximum Gasteiger partial charge on any atom is 0.144 e. The summed E-state index contributed by atoms with van der Waals surface area (Å²) in [5.74, 6) is 0. The highest BCUT2D eigenvalue weighted by atomic mass is 16.6. The van der Waals surface area contributed by atoms with Crippen molar-refractivity contribution in [2.45, 2.75) is 70.4 Å². The van der Waals surface area contributed by atoms with Gasteiger partial charge in [-0.15, -0.1) is 0 Å². The summed E-state index contributed by atoms with van der Waals surface area (Å²) in [6, 6.07) is 9.69. The second-order valence-electron chi connectivity index (χ2n) is 6.57. The number of unbranched alkanes of at least 4 members (excludes halogenated alkanes) is 2. The average molecular weight is 336 g/mol. The normalized spacial score (nSPS) is 30.4. The van der Waals surface area contributed by atoms with Crippen molar-refractivity contribution in [3.8, 4) is 0 Å². The van der Waals surface area contributed by atoms with Crippen LogP contribution in [0, 0.1) is 0 Å². The summed E-state index contributed by atoms with van der Waals surface area (Å²) in [5, 5.41) is 11.6. The van der Waals surface area contributed by atoms with Crippen LogP contribution in [0.4, 0.5) is 0 Å². The predicted octanol–water partition coefficient (Wildman–Crippen LogP) is 3.66. The Balaban J connectivity index is 2.24. The maximum absolute atomic E-state index is 11.6. The van der Waals surface area contributed by atoms with Crippen LogP contribution in [0.2, 0.25) is 0 Å². The van der Waals surface area contributed by atoms with Crippen molar-refractivity contribution in [3.63, 3.8) is 0 Å². The molecule has 4 nitrogen and oxygen atoms in total. The highest BCUT2D eigenvalue weighted by Crippen LogP contribution is 2.38. The minimum atomic E-state index is -1.20. The van der Waals surface area contributed by atoms with Gasteiger partial charge in [0, 0.05) is 13.2 Å². The average Bonchev–Trinajstić information content (AvgIpc) is 2.61. The molecule has 0 radical (unpaired) electrons. The predicted molar refractivity (Wildman–Crippen MR) is 95.0 cm³/mol. The van der Waals surface area contributed by atoms with Crippen LogP contribution in [0.25, 0.3) is 0 Å². The topological polar surface area (TPSA) is 47.9 Å². The third kappa shape index (κ3) is 4.37. The smallest absolute Gasteiger partial charge is 0.144 e. The van der Waals surface area contributed by atoms with Crippen molar-refractivity contribution >= 4 is 0 Å². The standard InChI is InChI=1S/C20H32O4/c1-4-6-13-22-18-15-24-16(3)20(21,17-11-9-8-10-12-17)19(18)23-14-7-5-2/h8-12,16,18-19,21H,4-7,13-15H2,1-3H3/t16?,18?,19?,20-/m0/s1. The number of benzene rings is 1. The van der Waals surface area contributed by atoms with Gasteiger partial charge < -0.3 is 19.3 Å². The molecule has 0 aromatic heterocycles. The van der Waals surface area contributed by atoms with Crippen molar-refractivity contribution in [2.75, 3.05) is 19.8 Å². The van der Waals surface area contributed by atoms with E-state index in [1.807, 2.05) is 37.3 Å². The Morgan fingerprint density at radius 1 is 1.08 bits per heavy atom. The molecule has 24 heavy (non-hydrogen) atoms. The molecule has 0 bridgehead atoms. The number of hydrogen-bond donors (Lipinski definition) is 1. The molecule has 1 aromatic rings. The fourth-order valence-electron chi connectivity index (χ4n) is 3.18. The summed E-state index contributed by atoms with van der Waals surface area (Å²) in [6.07, 6.45) is 3.08. The lowest BCUT2D eigenvalue weighted by Crippen LogP contribution is -2.61. The summed E-state index contributed by atoms with van der Waals surface area (Å²) < 4.78 is 18.0.